The summed E-state index contributed by atoms with van der Waals surface area (Å²) in [5, 5.41) is 25.3. The summed E-state index contributed by atoms with van der Waals surface area (Å²) in [6.45, 7) is 1.88. The zero-order valence-electron chi connectivity index (χ0n) is 13.6. The molecule has 1 aromatic heterocycles. The minimum absolute atomic E-state index is 0.0852. The van der Waals surface area contributed by atoms with Gasteiger partial charge in [0.2, 0.25) is 0 Å². The van der Waals surface area contributed by atoms with E-state index < -0.39 is 38.1 Å². The maximum Gasteiger partial charge on any atom is 0.311 e. The Morgan fingerprint density at radius 1 is 1.26 bits per heavy atom. The number of nitro benzene ring substituents is 2. The lowest BCUT2D eigenvalue weighted by Gasteiger charge is -2.04. The van der Waals surface area contributed by atoms with E-state index in [9.17, 15) is 29.8 Å². The zero-order chi connectivity index (χ0) is 20.1. The van der Waals surface area contributed by atoms with Crippen molar-refractivity contribution in [1.29, 1.82) is 0 Å². The van der Waals surface area contributed by atoms with Gasteiger partial charge in [0.1, 0.15) is 0 Å². The number of nitrogens with one attached hydrogen (secondary N) is 1. The van der Waals surface area contributed by atoms with E-state index >= 15 is 0 Å². The van der Waals surface area contributed by atoms with Crippen LogP contribution in [0.2, 0.25) is 5.02 Å². The third-order valence-corrected chi connectivity index (χ3v) is 4.29. The fourth-order valence-electron chi connectivity index (χ4n) is 1.97. The van der Waals surface area contributed by atoms with Crippen molar-refractivity contribution in [3.05, 3.63) is 54.0 Å². The maximum atomic E-state index is 12.3. The molecule has 1 amide bonds. The Labute approximate surface area is 160 Å². The van der Waals surface area contributed by atoms with Crippen LogP contribution in [0.1, 0.15) is 23.0 Å². The van der Waals surface area contributed by atoms with Crippen molar-refractivity contribution in [3.63, 3.8) is 0 Å². The number of anilines is 1. The Hall–Kier alpha value is -3.12. The van der Waals surface area contributed by atoms with Crippen molar-refractivity contribution in [1.82, 2.24) is 4.98 Å². The van der Waals surface area contributed by atoms with E-state index in [1.165, 1.54) is 5.38 Å². The molecule has 0 unspecified atom stereocenters. The van der Waals surface area contributed by atoms with Crippen LogP contribution in [0, 0.1) is 20.2 Å². The second-order valence-corrected chi connectivity index (χ2v) is 6.16. The highest BCUT2D eigenvalue weighted by Crippen LogP contribution is 2.35. The molecule has 0 spiro atoms. The molecule has 0 aliphatic rings. The number of carbonyl (C=O) groups excluding carboxylic acids is 2. The highest BCUT2D eigenvalue weighted by molar-refractivity contribution is 7.14. The number of carbonyl (C=O) groups is 2. The predicted octanol–water partition coefficient (Wildman–Crippen LogP) is 2.97. The molecule has 27 heavy (non-hydrogen) atoms. The van der Waals surface area contributed by atoms with Gasteiger partial charge in [0.05, 0.1) is 34.1 Å². The van der Waals surface area contributed by atoms with E-state index in [1.54, 1.807) is 6.92 Å². The molecule has 0 atom stereocenters. The Balaban J connectivity index is 2.23. The second-order valence-electron chi connectivity index (χ2n) is 4.92. The average molecular weight is 415 g/mol. The number of halogens is 1. The number of esters is 1. The van der Waals surface area contributed by atoms with Gasteiger partial charge in [0.15, 0.2) is 10.2 Å². The molecule has 1 aromatic carbocycles. The Morgan fingerprint density at radius 2 is 1.85 bits per heavy atom. The molecule has 1 heterocycles. The highest BCUT2D eigenvalue weighted by atomic mass is 35.5. The van der Waals surface area contributed by atoms with Crippen LogP contribution in [0.3, 0.4) is 0 Å². The lowest BCUT2D eigenvalue weighted by Crippen LogP contribution is -2.13. The number of nitro groups is 2. The molecule has 11 nitrogen and oxygen atoms in total. The monoisotopic (exact) mass is 414 g/mol. The fourth-order valence-corrected chi connectivity index (χ4v) is 2.92. The summed E-state index contributed by atoms with van der Waals surface area (Å²) in [6.07, 6.45) is -0.0852. The van der Waals surface area contributed by atoms with Crippen LogP contribution in [0.4, 0.5) is 16.5 Å². The standard InChI is InChI=1S/C14H11ClN4O7S/c1-2-26-11(20)5-8-6-27-14(16-8)17-13(21)7-3-9(18(22)23)12(15)10(4-7)19(24)25/h3-4,6H,2,5H2,1H3,(H,16,17,21). The summed E-state index contributed by atoms with van der Waals surface area (Å²) in [4.78, 5) is 47.9. The summed E-state index contributed by atoms with van der Waals surface area (Å²) >= 11 is 6.66. The smallest absolute Gasteiger partial charge is 0.311 e. The molecule has 13 heteroatoms. The average Bonchev–Trinajstić information content (AvgIpc) is 3.01. The topological polar surface area (TPSA) is 155 Å². The van der Waals surface area contributed by atoms with Crippen molar-refractivity contribution in [2.45, 2.75) is 13.3 Å². The van der Waals surface area contributed by atoms with Crippen LogP contribution in [0.5, 0.6) is 0 Å². The molecule has 2 aromatic rings. The zero-order valence-corrected chi connectivity index (χ0v) is 15.2. The van der Waals surface area contributed by atoms with Crippen LogP contribution in [0.15, 0.2) is 17.5 Å². The number of nitrogens with zero attached hydrogens (tertiary/aromatic N) is 3. The Kier molecular flexibility index (Phi) is 6.36. The summed E-state index contributed by atoms with van der Waals surface area (Å²) in [7, 11) is 0. The lowest BCUT2D eigenvalue weighted by molar-refractivity contribution is -0.393. The van der Waals surface area contributed by atoms with Gasteiger partial charge < -0.3 is 4.74 Å². The first-order chi connectivity index (χ1) is 12.7. The Morgan fingerprint density at radius 3 is 2.37 bits per heavy atom. The number of hydrogen-bond donors (Lipinski definition) is 1. The van der Waals surface area contributed by atoms with E-state index in [-0.39, 0.29) is 23.7 Å². The molecule has 0 aliphatic heterocycles. The molecule has 2 rings (SSSR count). The molecule has 142 valence electrons. The third kappa shape index (κ3) is 4.95. The van der Waals surface area contributed by atoms with Crippen LogP contribution in [-0.2, 0) is 16.0 Å². The van der Waals surface area contributed by atoms with Crippen molar-refractivity contribution >= 4 is 51.3 Å². The molecular formula is C14H11ClN4O7S. The minimum atomic E-state index is -0.924. The highest BCUT2D eigenvalue weighted by Gasteiger charge is 2.27. The van der Waals surface area contributed by atoms with Crippen LogP contribution < -0.4 is 5.32 Å². The van der Waals surface area contributed by atoms with Gasteiger partial charge in [-0.25, -0.2) is 4.98 Å². The molecule has 0 saturated carbocycles. The SMILES string of the molecule is CCOC(=O)Cc1csc(NC(=O)c2cc([N+](=O)[O-])c(Cl)c([N+](=O)[O-])c2)n1. The van der Waals surface area contributed by atoms with Crippen LogP contribution in [0.25, 0.3) is 0 Å². The summed E-state index contributed by atoms with van der Waals surface area (Å²) in [6, 6.07) is 1.66. The van der Waals surface area contributed by atoms with E-state index in [4.69, 9.17) is 16.3 Å². The first-order valence-electron chi connectivity index (χ1n) is 7.26. The molecule has 0 aliphatic carbocycles. The normalized spacial score (nSPS) is 10.3. The third-order valence-electron chi connectivity index (χ3n) is 3.09. The van der Waals surface area contributed by atoms with Gasteiger partial charge in [0, 0.05) is 17.5 Å². The van der Waals surface area contributed by atoms with Crippen LogP contribution in [-0.4, -0.2) is 33.3 Å². The van der Waals surface area contributed by atoms with Gasteiger partial charge in [-0.2, -0.15) is 0 Å². The molecule has 0 saturated heterocycles. The number of ether oxygens (including phenoxy) is 1. The minimum Gasteiger partial charge on any atom is -0.466 e. The number of benzene rings is 1. The summed E-state index contributed by atoms with van der Waals surface area (Å²) in [5.74, 6) is -1.33. The predicted molar refractivity (Wildman–Crippen MR) is 95.2 cm³/mol. The molecule has 0 radical (unpaired) electrons. The lowest BCUT2D eigenvalue weighted by atomic mass is 10.1. The van der Waals surface area contributed by atoms with Gasteiger partial charge >= 0.3 is 5.97 Å². The summed E-state index contributed by atoms with van der Waals surface area (Å²) < 4.78 is 4.79. The van der Waals surface area contributed by atoms with E-state index in [0.717, 1.165) is 23.5 Å². The first kappa shape index (κ1) is 20.2. The van der Waals surface area contributed by atoms with Crippen molar-refractivity contribution in [3.8, 4) is 0 Å². The molecular weight excluding hydrogens is 404 g/mol. The van der Waals surface area contributed by atoms with Gasteiger partial charge in [-0.3, -0.25) is 35.1 Å². The Bertz CT molecular complexity index is 895. The van der Waals surface area contributed by atoms with Gasteiger partial charge in [-0.15, -0.1) is 11.3 Å². The number of hydrogen-bond acceptors (Lipinski definition) is 9. The molecule has 0 fully saturated rings. The molecule has 1 N–H and O–H groups in total. The van der Waals surface area contributed by atoms with Crippen molar-refractivity contribution in [2.24, 2.45) is 0 Å². The summed E-state index contributed by atoms with van der Waals surface area (Å²) in [5.41, 5.74) is -1.50. The fraction of sp³-hybridized carbons (Fsp3) is 0.214. The largest absolute Gasteiger partial charge is 0.466 e. The second kappa shape index (κ2) is 8.51. The quantitative estimate of drug-likeness (QED) is 0.411. The van der Waals surface area contributed by atoms with E-state index in [0.29, 0.717) is 5.69 Å². The first-order valence-corrected chi connectivity index (χ1v) is 8.52. The maximum absolute atomic E-state index is 12.3. The number of rotatable bonds is 7. The van der Waals surface area contributed by atoms with E-state index in [1.807, 2.05) is 0 Å². The van der Waals surface area contributed by atoms with Crippen molar-refractivity contribution in [2.75, 3.05) is 11.9 Å². The number of amides is 1. The number of thiazole rings is 1. The molecule has 0 bridgehead atoms. The number of aromatic nitrogens is 1. The van der Waals surface area contributed by atoms with Gasteiger partial charge in [-0.1, -0.05) is 11.6 Å². The van der Waals surface area contributed by atoms with Crippen molar-refractivity contribution < 1.29 is 24.2 Å². The van der Waals surface area contributed by atoms with Crippen LogP contribution >= 0.6 is 22.9 Å². The van der Waals surface area contributed by atoms with E-state index in [2.05, 4.69) is 10.3 Å². The van der Waals surface area contributed by atoms with Gasteiger partial charge in [0.25, 0.3) is 17.3 Å². The van der Waals surface area contributed by atoms with Gasteiger partial charge in [-0.05, 0) is 6.92 Å².